The molecule has 0 aliphatic carbocycles. The molecular weight excluding hydrogens is 324 g/mol. The number of hydrogen-bond donors (Lipinski definition) is 0. The van der Waals surface area contributed by atoms with Crippen LogP contribution in [0.4, 0.5) is 0 Å². The van der Waals surface area contributed by atoms with Crippen LogP contribution in [0.5, 0.6) is 0 Å². The third-order valence-corrected chi connectivity index (χ3v) is 5.46. The van der Waals surface area contributed by atoms with Crippen molar-refractivity contribution in [3.05, 3.63) is 47.0 Å². The fourth-order valence-corrected chi connectivity index (χ4v) is 4.03. The Morgan fingerprint density at radius 1 is 1.20 bits per heavy atom. The van der Waals surface area contributed by atoms with Gasteiger partial charge in [0.25, 0.3) is 0 Å². The molecule has 1 aromatic rings. The molecule has 0 saturated carbocycles. The van der Waals surface area contributed by atoms with Gasteiger partial charge in [-0.2, -0.15) is 0 Å². The van der Waals surface area contributed by atoms with Crippen LogP contribution in [0.2, 0.25) is 0 Å². The Kier molecular flexibility index (Phi) is 9.35. The molecule has 0 saturated heterocycles. The molecule has 0 spiro atoms. The van der Waals surface area contributed by atoms with E-state index in [1.165, 1.54) is 24.0 Å². The molecule has 1 nitrogen and oxygen atoms in total. The van der Waals surface area contributed by atoms with Crippen LogP contribution >= 0.6 is 11.8 Å². The van der Waals surface area contributed by atoms with Crippen LogP contribution in [0, 0.1) is 23.7 Å². The summed E-state index contributed by atoms with van der Waals surface area (Å²) in [5.74, 6) is 14.3. The van der Waals surface area contributed by atoms with Gasteiger partial charge in [0.2, 0.25) is 0 Å². The first-order valence-electron chi connectivity index (χ1n) is 9.22. The van der Waals surface area contributed by atoms with Crippen LogP contribution in [-0.2, 0) is 10.5 Å². The summed E-state index contributed by atoms with van der Waals surface area (Å²) in [6.45, 7) is 3.02. The smallest absolute Gasteiger partial charge is 0.0638 e. The second kappa shape index (κ2) is 11.9. The molecule has 25 heavy (non-hydrogen) atoms. The Morgan fingerprint density at radius 2 is 2.04 bits per heavy atom. The predicted octanol–water partition coefficient (Wildman–Crippen LogP) is 5.91. The highest BCUT2D eigenvalue weighted by Crippen LogP contribution is 2.45. The minimum absolute atomic E-state index is 0.336. The van der Waals surface area contributed by atoms with Gasteiger partial charge in [0.05, 0.1) is 5.25 Å². The van der Waals surface area contributed by atoms with Gasteiger partial charge in [0, 0.05) is 44.0 Å². The summed E-state index contributed by atoms with van der Waals surface area (Å²) in [5.41, 5.74) is 4.00. The average molecular weight is 353 g/mol. The standard InChI is InChI=1S/C23H28OS/c1-3-4-5-6-9-14-20(15-10-7-8-13-18-24-2)23-22-17-12-11-16-21(22)19-25-23/h11-12,14,16-17,23H,3-5,7-8,13,18-19H2,1-2H3/b20-14+. The molecule has 1 aromatic carbocycles. The summed E-state index contributed by atoms with van der Waals surface area (Å²) in [5, 5.41) is 0.336. The van der Waals surface area contributed by atoms with Crippen LogP contribution in [0.1, 0.15) is 61.8 Å². The van der Waals surface area contributed by atoms with Crippen molar-refractivity contribution in [1.82, 2.24) is 0 Å². The number of hydrogen-bond acceptors (Lipinski definition) is 2. The van der Waals surface area contributed by atoms with Gasteiger partial charge in [-0.15, -0.1) is 11.8 Å². The number of benzene rings is 1. The number of methoxy groups -OCH3 is 1. The molecule has 0 radical (unpaired) electrons. The van der Waals surface area contributed by atoms with Crippen molar-refractivity contribution in [2.45, 2.75) is 56.5 Å². The molecule has 0 amide bonds. The number of thioether (sulfide) groups is 1. The van der Waals surface area contributed by atoms with E-state index in [2.05, 4.69) is 60.9 Å². The highest BCUT2D eigenvalue weighted by Gasteiger charge is 2.24. The highest BCUT2D eigenvalue weighted by molar-refractivity contribution is 7.99. The zero-order valence-electron chi connectivity index (χ0n) is 15.4. The largest absolute Gasteiger partial charge is 0.385 e. The quantitative estimate of drug-likeness (QED) is 0.445. The van der Waals surface area contributed by atoms with Gasteiger partial charge < -0.3 is 4.74 Å². The molecule has 0 fully saturated rings. The SMILES string of the molecule is CCCCC#C/C=C(\C#CCCCCOC)C1SCc2ccccc21. The molecule has 0 aromatic heterocycles. The lowest BCUT2D eigenvalue weighted by atomic mass is 10.00. The van der Waals surface area contributed by atoms with E-state index in [1.807, 2.05) is 11.8 Å². The summed E-state index contributed by atoms with van der Waals surface area (Å²) in [6, 6.07) is 8.71. The van der Waals surface area contributed by atoms with Crippen LogP contribution in [0.25, 0.3) is 0 Å². The van der Waals surface area contributed by atoms with E-state index >= 15 is 0 Å². The lowest BCUT2D eigenvalue weighted by molar-refractivity contribution is 0.193. The van der Waals surface area contributed by atoms with Crippen molar-refractivity contribution in [2.75, 3.05) is 13.7 Å². The van der Waals surface area contributed by atoms with Crippen molar-refractivity contribution < 1.29 is 4.74 Å². The van der Waals surface area contributed by atoms with E-state index in [9.17, 15) is 0 Å². The molecule has 1 aliphatic rings. The zero-order valence-corrected chi connectivity index (χ0v) is 16.3. The van der Waals surface area contributed by atoms with Crippen molar-refractivity contribution in [3.8, 4) is 23.7 Å². The second-order valence-corrected chi connectivity index (χ2v) is 7.26. The normalized spacial score (nSPS) is 15.8. The van der Waals surface area contributed by atoms with Crippen LogP contribution < -0.4 is 0 Å². The third kappa shape index (κ3) is 6.66. The Hall–Kier alpha value is -1.61. The van der Waals surface area contributed by atoms with E-state index in [0.717, 1.165) is 43.6 Å². The van der Waals surface area contributed by atoms with Crippen molar-refractivity contribution in [1.29, 1.82) is 0 Å². The van der Waals surface area contributed by atoms with Gasteiger partial charge in [-0.3, -0.25) is 0 Å². The first-order valence-corrected chi connectivity index (χ1v) is 10.3. The molecule has 2 rings (SSSR count). The predicted molar refractivity (Wildman–Crippen MR) is 109 cm³/mol. The van der Waals surface area contributed by atoms with Gasteiger partial charge >= 0.3 is 0 Å². The molecule has 1 heterocycles. The van der Waals surface area contributed by atoms with Gasteiger partial charge in [-0.1, -0.05) is 61.3 Å². The highest BCUT2D eigenvalue weighted by atomic mass is 32.2. The number of ether oxygens (including phenoxy) is 1. The second-order valence-electron chi connectivity index (χ2n) is 6.17. The summed E-state index contributed by atoms with van der Waals surface area (Å²) >= 11 is 1.96. The number of allylic oxidation sites excluding steroid dienone is 1. The summed E-state index contributed by atoms with van der Waals surface area (Å²) in [6.07, 6.45) is 8.47. The Bertz CT molecular complexity index is 681. The maximum Gasteiger partial charge on any atom is 0.0638 e. The summed E-state index contributed by atoms with van der Waals surface area (Å²) in [7, 11) is 1.75. The maximum absolute atomic E-state index is 5.09. The van der Waals surface area contributed by atoms with Crippen molar-refractivity contribution >= 4 is 11.8 Å². The fourth-order valence-electron chi connectivity index (χ4n) is 2.71. The lowest BCUT2D eigenvalue weighted by Crippen LogP contribution is -1.94. The summed E-state index contributed by atoms with van der Waals surface area (Å²) < 4.78 is 5.09. The molecule has 1 aliphatic heterocycles. The molecule has 2 heteroatoms. The minimum atomic E-state index is 0.336. The third-order valence-electron chi connectivity index (χ3n) is 4.14. The number of unbranched alkanes of at least 4 members (excludes halogenated alkanes) is 4. The molecule has 1 atom stereocenters. The van der Waals surface area contributed by atoms with Gasteiger partial charge in [0.15, 0.2) is 0 Å². The Morgan fingerprint density at radius 3 is 2.88 bits per heavy atom. The average Bonchev–Trinajstić information content (AvgIpc) is 3.06. The number of rotatable bonds is 7. The van der Waals surface area contributed by atoms with Crippen molar-refractivity contribution in [2.24, 2.45) is 0 Å². The van der Waals surface area contributed by atoms with E-state index in [0.29, 0.717) is 5.25 Å². The maximum atomic E-state index is 5.09. The molecular formula is C23H28OS. The van der Waals surface area contributed by atoms with Gasteiger partial charge in [0.1, 0.15) is 0 Å². The van der Waals surface area contributed by atoms with Gasteiger partial charge in [-0.05, 0) is 30.4 Å². The monoisotopic (exact) mass is 352 g/mol. The van der Waals surface area contributed by atoms with Crippen LogP contribution in [-0.4, -0.2) is 13.7 Å². The minimum Gasteiger partial charge on any atom is -0.385 e. The molecule has 0 bridgehead atoms. The Labute approximate surface area is 157 Å². The van der Waals surface area contributed by atoms with E-state index in [-0.39, 0.29) is 0 Å². The molecule has 0 N–H and O–H groups in total. The first kappa shape index (κ1) is 19.7. The summed E-state index contributed by atoms with van der Waals surface area (Å²) in [4.78, 5) is 0. The fraction of sp³-hybridized carbons (Fsp3) is 0.478. The van der Waals surface area contributed by atoms with E-state index < -0.39 is 0 Å². The first-order chi connectivity index (χ1) is 12.4. The molecule has 132 valence electrons. The van der Waals surface area contributed by atoms with Crippen molar-refractivity contribution in [3.63, 3.8) is 0 Å². The zero-order chi connectivity index (χ0) is 17.7. The van der Waals surface area contributed by atoms with Crippen LogP contribution in [0.15, 0.2) is 35.9 Å². The topological polar surface area (TPSA) is 9.23 Å². The van der Waals surface area contributed by atoms with Gasteiger partial charge in [-0.25, -0.2) is 0 Å². The van der Waals surface area contributed by atoms with Crippen LogP contribution in [0.3, 0.4) is 0 Å². The molecule has 1 unspecified atom stereocenters. The van der Waals surface area contributed by atoms with E-state index in [4.69, 9.17) is 4.74 Å². The van der Waals surface area contributed by atoms with E-state index in [1.54, 1.807) is 7.11 Å². The lowest BCUT2D eigenvalue weighted by Gasteiger charge is -2.09. The number of fused-ring (bicyclic) bond motifs is 1. The Balaban J connectivity index is 2.08.